The predicted octanol–water partition coefficient (Wildman–Crippen LogP) is -0.476. The number of nitrogens with one attached hydrogen (secondary N) is 1. The first-order valence-corrected chi connectivity index (χ1v) is 7.07. The van der Waals surface area contributed by atoms with Gasteiger partial charge in [-0.2, -0.15) is 0 Å². The van der Waals surface area contributed by atoms with Gasteiger partial charge in [-0.3, -0.25) is 0 Å². The first-order valence-electron chi connectivity index (χ1n) is 7.07. The van der Waals surface area contributed by atoms with Crippen molar-refractivity contribution >= 4 is 5.69 Å². The van der Waals surface area contributed by atoms with Crippen LogP contribution in [0.15, 0.2) is 18.2 Å². The maximum Gasteiger partial charge on any atom is 0.184 e. The zero-order valence-electron chi connectivity index (χ0n) is 11.6. The lowest BCUT2D eigenvalue weighted by molar-refractivity contribution is 0.171. The monoisotopic (exact) mass is 278 g/mol. The number of para-hydroxylation sites is 1. The van der Waals surface area contributed by atoms with Gasteiger partial charge in [0.05, 0.1) is 11.2 Å². The molecular weight excluding hydrogens is 256 g/mol. The van der Waals surface area contributed by atoms with E-state index in [1.807, 2.05) is 12.1 Å². The molecular formula is C14H22N4O2. The van der Waals surface area contributed by atoms with E-state index in [0.29, 0.717) is 26.3 Å². The van der Waals surface area contributed by atoms with Gasteiger partial charge in [-0.15, -0.1) is 0 Å². The fraction of sp³-hybridized carbons (Fsp3) is 0.571. The van der Waals surface area contributed by atoms with Crippen LogP contribution in [-0.4, -0.2) is 51.5 Å². The van der Waals surface area contributed by atoms with E-state index in [1.165, 1.54) is 0 Å². The van der Waals surface area contributed by atoms with Gasteiger partial charge in [0.15, 0.2) is 11.5 Å². The number of fused-ring (bicyclic) bond motifs is 1. The summed E-state index contributed by atoms with van der Waals surface area (Å²) in [5.74, 6) is 1.65. The van der Waals surface area contributed by atoms with Crippen molar-refractivity contribution in [3.63, 3.8) is 0 Å². The van der Waals surface area contributed by atoms with E-state index >= 15 is 0 Å². The highest BCUT2D eigenvalue weighted by Crippen LogP contribution is 2.40. The number of anilines is 1. The molecule has 0 radical (unpaired) electrons. The van der Waals surface area contributed by atoms with Gasteiger partial charge in [0.1, 0.15) is 13.2 Å². The largest absolute Gasteiger partial charge is 0.486 e. The smallest absolute Gasteiger partial charge is 0.184 e. The van der Waals surface area contributed by atoms with E-state index in [1.54, 1.807) is 0 Å². The zero-order valence-corrected chi connectivity index (χ0v) is 11.6. The van der Waals surface area contributed by atoms with Crippen LogP contribution < -0.4 is 31.2 Å². The van der Waals surface area contributed by atoms with E-state index in [0.717, 1.165) is 36.8 Å². The van der Waals surface area contributed by atoms with Crippen LogP contribution in [0.4, 0.5) is 5.69 Å². The van der Waals surface area contributed by atoms with Gasteiger partial charge in [0.25, 0.3) is 0 Å². The van der Waals surface area contributed by atoms with Crippen molar-refractivity contribution in [3.8, 4) is 11.5 Å². The second-order valence-electron chi connectivity index (χ2n) is 5.34. The summed E-state index contributed by atoms with van der Waals surface area (Å²) < 4.78 is 11.4. The van der Waals surface area contributed by atoms with Crippen LogP contribution in [0.5, 0.6) is 11.5 Å². The van der Waals surface area contributed by atoms with Crippen LogP contribution in [-0.2, 0) is 0 Å². The Labute approximate surface area is 119 Å². The molecule has 1 fully saturated rings. The molecule has 0 aliphatic carbocycles. The summed E-state index contributed by atoms with van der Waals surface area (Å²) in [4.78, 5) is 2.28. The third-order valence-electron chi connectivity index (χ3n) is 4.04. The molecule has 2 heterocycles. The topological polar surface area (TPSA) is 85.8 Å². The summed E-state index contributed by atoms with van der Waals surface area (Å²) in [7, 11) is 0. The number of nitrogens with zero attached hydrogens (tertiary/aromatic N) is 1. The second kappa shape index (κ2) is 5.47. The molecule has 6 heteroatoms. The standard InChI is InChI=1S/C14H22N4O2/c15-8-14(9-16)10-18(5-4-17-14)11-2-1-3-12-13(11)20-7-6-19-12/h1-3,17H,4-10,15-16H2. The minimum absolute atomic E-state index is 0.226. The van der Waals surface area contributed by atoms with Crippen molar-refractivity contribution in [2.75, 3.05) is 50.8 Å². The number of nitrogens with two attached hydrogens (primary N) is 2. The minimum atomic E-state index is -0.226. The molecule has 1 aromatic carbocycles. The molecule has 0 bridgehead atoms. The van der Waals surface area contributed by atoms with Crippen LogP contribution in [0.3, 0.4) is 0 Å². The Morgan fingerprint density at radius 1 is 1.20 bits per heavy atom. The van der Waals surface area contributed by atoms with Crippen LogP contribution in [0.2, 0.25) is 0 Å². The molecule has 0 aromatic heterocycles. The molecule has 110 valence electrons. The van der Waals surface area contributed by atoms with Crippen molar-refractivity contribution in [2.45, 2.75) is 5.54 Å². The molecule has 1 saturated heterocycles. The number of hydrogen-bond acceptors (Lipinski definition) is 6. The van der Waals surface area contributed by atoms with E-state index in [4.69, 9.17) is 20.9 Å². The summed E-state index contributed by atoms with van der Waals surface area (Å²) in [5, 5.41) is 3.45. The normalized spacial score (nSPS) is 20.8. The Kier molecular flexibility index (Phi) is 3.69. The molecule has 0 unspecified atom stereocenters. The Morgan fingerprint density at radius 2 is 2.00 bits per heavy atom. The average Bonchev–Trinajstić information content (AvgIpc) is 2.54. The first kappa shape index (κ1) is 13.5. The van der Waals surface area contributed by atoms with E-state index in [2.05, 4.69) is 16.3 Å². The van der Waals surface area contributed by atoms with Crippen molar-refractivity contribution in [3.05, 3.63) is 18.2 Å². The molecule has 0 atom stereocenters. The van der Waals surface area contributed by atoms with Gasteiger partial charge in [-0.1, -0.05) is 6.07 Å². The third-order valence-corrected chi connectivity index (χ3v) is 4.04. The van der Waals surface area contributed by atoms with Gasteiger partial charge >= 0.3 is 0 Å². The lowest BCUT2D eigenvalue weighted by Crippen LogP contribution is -2.67. The van der Waals surface area contributed by atoms with Crippen molar-refractivity contribution < 1.29 is 9.47 Å². The quantitative estimate of drug-likeness (QED) is 0.693. The van der Waals surface area contributed by atoms with Crippen LogP contribution >= 0.6 is 0 Å². The van der Waals surface area contributed by atoms with Crippen molar-refractivity contribution in [2.24, 2.45) is 11.5 Å². The van der Waals surface area contributed by atoms with Crippen LogP contribution in [0.1, 0.15) is 0 Å². The Balaban J connectivity index is 1.89. The number of hydrogen-bond donors (Lipinski definition) is 3. The van der Waals surface area contributed by atoms with E-state index in [-0.39, 0.29) is 5.54 Å². The zero-order chi connectivity index (χ0) is 14.0. The van der Waals surface area contributed by atoms with Gasteiger partial charge in [0.2, 0.25) is 0 Å². The van der Waals surface area contributed by atoms with E-state index < -0.39 is 0 Å². The number of ether oxygens (including phenoxy) is 2. The predicted molar refractivity (Wildman–Crippen MR) is 78.5 cm³/mol. The molecule has 5 N–H and O–H groups in total. The van der Waals surface area contributed by atoms with Gasteiger partial charge in [0, 0.05) is 32.7 Å². The van der Waals surface area contributed by atoms with E-state index in [9.17, 15) is 0 Å². The average molecular weight is 278 g/mol. The van der Waals surface area contributed by atoms with Gasteiger partial charge in [-0.25, -0.2) is 0 Å². The third kappa shape index (κ3) is 2.30. The molecule has 20 heavy (non-hydrogen) atoms. The summed E-state index contributed by atoms with van der Waals surface area (Å²) in [6.07, 6.45) is 0. The molecule has 2 aliphatic heterocycles. The molecule has 1 aromatic rings. The number of benzene rings is 1. The maximum absolute atomic E-state index is 5.90. The molecule has 3 rings (SSSR count). The molecule has 0 amide bonds. The highest BCUT2D eigenvalue weighted by atomic mass is 16.6. The maximum atomic E-state index is 5.90. The molecule has 6 nitrogen and oxygen atoms in total. The Hall–Kier alpha value is -1.50. The van der Waals surface area contributed by atoms with Crippen molar-refractivity contribution in [1.29, 1.82) is 0 Å². The van der Waals surface area contributed by atoms with Gasteiger partial charge in [-0.05, 0) is 12.1 Å². The molecule has 0 saturated carbocycles. The highest BCUT2D eigenvalue weighted by molar-refractivity contribution is 5.65. The summed E-state index contributed by atoms with van der Waals surface area (Å²) in [6.45, 7) is 4.78. The SMILES string of the molecule is NCC1(CN)CN(c2cccc3c2OCCO3)CCN1. The summed E-state index contributed by atoms with van der Waals surface area (Å²) in [5.41, 5.74) is 12.6. The van der Waals surface area contributed by atoms with Crippen molar-refractivity contribution in [1.82, 2.24) is 5.32 Å². The summed E-state index contributed by atoms with van der Waals surface area (Å²) in [6, 6.07) is 6.01. The van der Waals surface area contributed by atoms with Crippen LogP contribution in [0, 0.1) is 0 Å². The highest BCUT2D eigenvalue weighted by Gasteiger charge is 2.34. The Bertz CT molecular complexity index is 476. The Morgan fingerprint density at radius 3 is 2.80 bits per heavy atom. The van der Waals surface area contributed by atoms with Gasteiger partial charge < -0.3 is 31.2 Å². The first-order chi connectivity index (χ1) is 9.78. The fourth-order valence-electron chi connectivity index (χ4n) is 2.83. The lowest BCUT2D eigenvalue weighted by Gasteiger charge is -2.44. The fourth-order valence-corrected chi connectivity index (χ4v) is 2.83. The molecule has 2 aliphatic rings. The lowest BCUT2D eigenvalue weighted by atomic mass is 9.96. The number of piperazine rings is 1. The minimum Gasteiger partial charge on any atom is -0.486 e. The van der Waals surface area contributed by atoms with Crippen LogP contribution in [0.25, 0.3) is 0 Å². The molecule has 0 spiro atoms. The second-order valence-corrected chi connectivity index (χ2v) is 5.34. The number of rotatable bonds is 3. The summed E-state index contributed by atoms with van der Waals surface area (Å²) >= 11 is 0.